The number of hydrogen-bond donors (Lipinski definition) is 0. The SMILES string of the molecule is CCn1cc(C(F)(F)F)nc1-c1ccc(CN2C(=O)CCn3nc(-c4c(C5CC5)ccnc4OC(F)F)nc32)cc1. The van der Waals surface area contributed by atoms with Gasteiger partial charge in [0.25, 0.3) is 0 Å². The average Bonchev–Trinajstić information content (AvgIpc) is 3.53. The molecule has 4 heterocycles. The minimum Gasteiger partial charge on any atom is -0.416 e. The van der Waals surface area contributed by atoms with Crippen LogP contribution in [-0.2, 0) is 30.6 Å². The molecule has 1 aliphatic heterocycles. The summed E-state index contributed by atoms with van der Waals surface area (Å²) in [6, 6.07) is 8.47. The molecule has 0 spiro atoms. The smallest absolute Gasteiger partial charge is 0.416 e. The van der Waals surface area contributed by atoms with Gasteiger partial charge in [0, 0.05) is 30.9 Å². The maximum Gasteiger partial charge on any atom is 0.434 e. The number of alkyl halides is 5. The lowest BCUT2D eigenvalue weighted by atomic mass is 10.1. The number of imidazole rings is 1. The van der Waals surface area contributed by atoms with Crippen LogP contribution in [0, 0.1) is 0 Å². The van der Waals surface area contributed by atoms with Crippen LogP contribution >= 0.6 is 0 Å². The van der Waals surface area contributed by atoms with Crippen molar-refractivity contribution in [2.45, 2.75) is 64.5 Å². The molecule has 1 fully saturated rings. The van der Waals surface area contributed by atoms with Gasteiger partial charge in [-0.25, -0.2) is 14.6 Å². The van der Waals surface area contributed by atoms with Crippen molar-refractivity contribution in [2.24, 2.45) is 0 Å². The van der Waals surface area contributed by atoms with Crippen molar-refractivity contribution in [3.8, 4) is 28.7 Å². The van der Waals surface area contributed by atoms with Crippen molar-refractivity contribution in [1.82, 2.24) is 29.3 Å². The number of amides is 1. The predicted molar refractivity (Wildman–Crippen MR) is 136 cm³/mol. The van der Waals surface area contributed by atoms with E-state index < -0.39 is 18.5 Å². The molecular weight excluding hydrogens is 549 g/mol. The third-order valence-electron chi connectivity index (χ3n) is 7.08. The Hall–Kier alpha value is -4.36. The van der Waals surface area contributed by atoms with Gasteiger partial charge in [-0.3, -0.25) is 9.69 Å². The molecule has 1 amide bonds. The zero-order valence-corrected chi connectivity index (χ0v) is 21.8. The number of nitrogens with zero attached hydrogens (tertiary/aromatic N) is 7. The Morgan fingerprint density at radius 2 is 1.85 bits per heavy atom. The van der Waals surface area contributed by atoms with Gasteiger partial charge in [0.05, 0.1) is 18.7 Å². The van der Waals surface area contributed by atoms with E-state index in [1.165, 1.54) is 15.7 Å². The second-order valence-corrected chi connectivity index (χ2v) is 9.85. The van der Waals surface area contributed by atoms with E-state index in [0.717, 1.165) is 24.6 Å². The molecule has 9 nitrogen and oxygen atoms in total. The van der Waals surface area contributed by atoms with E-state index in [4.69, 9.17) is 4.74 Å². The molecule has 0 radical (unpaired) electrons. The summed E-state index contributed by atoms with van der Waals surface area (Å²) < 4.78 is 73.6. The van der Waals surface area contributed by atoms with E-state index in [1.54, 1.807) is 41.9 Å². The third-order valence-corrected chi connectivity index (χ3v) is 7.08. The Bertz CT molecular complexity index is 1590. The highest BCUT2D eigenvalue weighted by Gasteiger charge is 2.36. The second-order valence-electron chi connectivity index (χ2n) is 9.85. The highest BCUT2D eigenvalue weighted by atomic mass is 19.4. The Morgan fingerprint density at radius 1 is 1.10 bits per heavy atom. The summed E-state index contributed by atoms with van der Waals surface area (Å²) in [6.45, 7) is -0.653. The molecule has 0 bridgehead atoms. The van der Waals surface area contributed by atoms with Crippen LogP contribution in [0.4, 0.5) is 27.9 Å². The second kappa shape index (κ2) is 10.2. The van der Waals surface area contributed by atoms with Crippen LogP contribution in [-0.4, -0.2) is 41.8 Å². The molecule has 0 unspecified atom stereocenters. The Kier molecular flexibility index (Phi) is 6.70. The molecule has 1 aromatic carbocycles. The Labute approximate surface area is 230 Å². The van der Waals surface area contributed by atoms with Gasteiger partial charge in [-0.1, -0.05) is 24.3 Å². The Balaban J connectivity index is 1.30. The molecule has 1 saturated carbocycles. The van der Waals surface area contributed by atoms with E-state index in [1.807, 2.05) is 0 Å². The molecule has 41 heavy (non-hydrogen) atoms. The fourth-order valence-electron chi connectivity index (χ4n) is 4.95. The number of fused-ring (bicyclic) bond motifs is 1. The summed E-state index contributed by atoms with van der Waals surface area (Å²) in [4.78, 5) is 26.8. The first-order valence-corrected chi connectivity index (χ1v) is 13.0. The number of benzene rings is 1. The number of carbonyl (C=O) groups excluding carboxylic acids is 1. The number of aromatic nitrogens is 6. The molecule has 3 aromatic heterocycles. The van der Waals surface area contributed by atoms with Crippen LogP contribution in [0.5, 0.6) is 5.88 Å². The third kappa shape index (κ3) is 5.25. The molecule has 14 heteroatoms. The van der Waals surface area contributed by atoms with E-state index >= 15 is 0 Å². The molecule has 0 saturated heterocycles. The van der Waals surface area contributed by atoms with Crippen LogP contribution in [0.25, 0.3) is 22.8 Å². The predicted octanol–water partition coefficient (Wildman–Crippen LogP) is 5.66. The van der Waals surface area contributed by atoms with Crippen molar-refractivity contribution >= 4 is 11.9 Å². The lowest BCUT2D eigenvalue weighted by Gasteiger charge is -2.26. The maximum absolute atomic E-state index is 13.2. The van der Waals surface area contributed by atoms with Gasteiger partial charge in [-0.2, -0.15) is 26.9 Å². The van der Waals surface area contributed by atoms with E-state index in [9.17, 15) is 26.7 Å². The first-order valence-electron chi connectivity index (χ1n) is 13.0. The van der Waals surface area contributed by atoms with Crippen LogP contribution in [0.3, 0.4) is 0 Å². The standard InChI is InChI=1S/C27H24F5N7O2/c1-2-37-14-19(27(30,31)32)34-23(37)17-5-3-15(4-6-17)13-38-20(40)10-12-39-26(38)35-22(36-39)21-18(16-7-8-16)9-11-33-24(21)41-25(28)29/h3-6,9,11,14,16,25H,2,7-8,10,12-13H2,1H3. The van der Waals surface area contributed by atoms with Gasteiger partial charge in [-0.05, 0) is 42.9 Å². The first kappa shape index (κ1) is 26.8. The molecule has 214 valence electrons. The maximum atomic E-state index is 13.2. The van der Waals surface area contributed by atoms with Gasteiger partial charge in [0.1, 0.15) is 5.82 Å². The van der Waals surface area contributed by atoms with Crippen LogP contribution in [0.1, 0.15) is 48.9 Å². The number of anilines is 1. The summed E-state index contributed by atoms with van der Waals surface area (Å²) in [6.07, 6.45) is -0.203. The minimum atomic E-state index is -4.56. The number of hydrogen-bond acceptors (Lipinski definition) is 6. The number of halogens is 5. The van der Waals surface area contributed by atoms with Gasteiger partial charge in [-0.15, -0.1) is 5.10 Å². The topological polar surface area (TPSA) is 91.0 Å². The highest BCUT2D eigenvalue weighted by Crippen LogP contribution is 2.46. The monoisotopic (exact) mass is 573 g/mol. The zero-order valence-electron chi connectivity index (χ0n) is 21.8. The number of carbonyl (C=O) groups is 1. The number of aryl methyl sites for hydroxylation is 2. The van der Waals surface area contributed by atoms with Crippen LogP contribution in [0.2, 0.25) is 0 Å². The zero-order chi connectivity index (χ0) is 28.9. The summed E-state index contributed by atoms with van der Waals surface area (Å²) in [5.41, 5.74) is 1.29. The Morgan fingerprint density at radius 3 is 2.51 bits per heavy atom. The summed E-state index contributed by atoms with van der Waals surface area (Å²) in [5, 5.41) is 4.52. The van der Waals surface area contributed by atoms with Crippen LogP contribution < -0.4 is 9.64 Å². The number of ether oxygens (including phenoxy) is 1. The first-order chi connectivity index (χ1) is 19.6. The lowest BCUT2D eigenvalue weighted by molar-refractivity contribution is -0.140. The van der Waals surface area contributed by atoms with Crippen molar-refractivity contribution < 1.29 is 31.5 Å². The average molecular weight is 574 g/mol. The fraction of sp³-hybridized carbons (Fsp3) is 0.370. The van der Waals surface area contributed by atoms with Gasteiger partial charge >= 0.3 is 12.8 Å². The van der Waals surface area contributed by atoms with Gasteiger partial charge < -0.3 is 9.30 Å². The molecule has 2 aliphatic rings. The lowest BCUT2D eigenvalue weighted by Crippen LogP contribution is -2.37. The summed E-state index contributed by atoms with van der Waals surface area (Å²) >= 11 is 0. The fourth-order valence-corrected chi connectivity index (χ4v) is 4.95. The summed E-state index contributed by atoms with van der Waals surface area (Å²) in [5.74, 6) is 0.294. The number of rotatable bonds is 8. The van der Waals surface area contributed by atoms with Crippen molar-refractivity contribution in [1.29, 1.82) is 0 Å². The van der Waals surface area contributed by atoms with Crippen LogP contribution in [0.15, 0.2) is 42.7 Å². The normalized spacial score (nSPS) is 15.5. The largest absolute Gasteiger partial charge is 0.434 e. The number of pyridine rings is 1. The van der Waals surface area contributed by atoms with E-state index in [2.05, 4.69) is 20.1 Å². The van der Waals surface area contributed by atoms with Crippen molar-refractivity contribution in [3.05, 3.63) is 59.5 Å². The highest BCUT2D eigenvalue weighted by molar-refractivity contribution is 5.93. The van der Waals surface area contributed by atoms with Gasteiger partial charge in [0.15, 0.2) is 11.5 Å². The van der Waals surface area contributed by atoms with Crippen molar-refractivity contribution in [2.75, 3.05) is 4.90 Å². The molecule has 0 N–H and O–H groups in total. The van der Waals surface area contributed by atoms with Crippen molar-refractivity contribution in [3.63, 3.8) is 0 Å². The minimum absolute atomic E-state index is 0.121. The van der Waals surface area contributed by atoms with Gasteiger partial charge in [0.2, 0.25) is 17.7 Å². The molecule has 0 atom stereocenters. The van der Waals surface area contributed by atoms with E-state index in [-0.39, 0.29) is 54.8 Å². The molecule has 4 aromatic rings. The molecule has 1 aliphatic carbocycles. The quantitative estimate of drug-likeness (QED) is 0.253. The molecular formula is C27H24F5N7O2. The molecule has 6 rings (SSSR count). The van der Waals surface area contributed by atoms with E-state index in [0.29, 0.717) is 23.2 Å². The summed E-state index contributed by atoms with van der Waals surface area (Å²) in [7, 11) is 0.